The van der Waals surface area contributed by atoms with Crippen LogP contribution in [0.5, 0.6) is 0 Å². The lowest BCUT2D eigenvalue weighted by Crippen LogP contribution is -2.45. The van der Waals surface area contributed by atoms with Crippen molar-refractivity contribution >= 4 is 18.1 Å². The third-order valence-corrected chi connectivity index (χ3v) is 5.58. The lowest BCUT2D eigenvalue weighted by molar-refractivity contribution is 0.222. The number of H-pyrrole nitrogens is 1. The van der Waals surface area contributed by atoms with Gasteiger partial charge in [-0.15, -0.1) is 0 Å². The van der Waals surface area contributed by atoms with E-state index < -0.39 is 6.03 Å². The fraction of sp³-hybridized carbons (Fsp3) is 0.308. The average Bonchev–Trinajstić information content (AvgIpc) is 3.23. The van der Waals surface area contributed by atoms with Crippen molar-refractivity contribution in [2.75, 3.05) is 0 Å². The second-order valence-electron chi connectivity index (χ2n) is 8.43. The molecule has 7 nitrogen and oxygen atoms in total. The summed E-state index contributed by atoms with van der Waals surface area (Å²) >= 11 is 0. The number of amides is 2. The molecule has 0 bridgehead atoms. The molecule has 0 aliphatic heterocycles. The molecule has 0 aliphatic rings. The summed E-state index contributed by atoms with van der Waals surface area (Å²) < 4.78 is 0. The molecule has 1 unspecified atom stereocenters. The van der Waals surface area contributed by atoms with Crippen LogP contribution in [0.3, 0.4) is 0 Å². The molecular formula is C26H32N6O. The Morgan fingerprint density at radius 1 is 1.18 bits per heavy atom. The van der Waals surface area contributed by atoms with Crippen LogP contribution in [0.25, 0.3) is 22.6 Å². The van der Waals surface area contributed by atoms with Crippen molar-refractivity contribution in [1.29, 1.82) is 5.41 Å². The minimum absolute atomic E-state index is 0.0118. The number of hydrogen-bond acceptors (Lipinski definition) is 4. The molecule has 7 heteroatoms. The van der Waals surface area contributed by atoms with Gasteiger partial charge >= 0.3 is 6.03 Å². The number of imidazole rings is 1. The lowest BCUT2D eigenvalue weighted by atomic mass is 10.0. The molecular weight excluding hydrogens is 412 g/mol. The van der Waals surface area contributed by atoms with Crippen molar-refractivity contribution < 1.29 is 4.79 Å². The van der Waals surface area contributed by atoms with Crippen molar-refractivity contribution in [3.63, 3.8) is 0 Å². The predicted octanol–water partition coefficient (Wildman–Crippen LogP) is 5.38. The largest absolute Gasteiger partial charge is 0.351 e. The summed E-state index contributed by atoms with van der Waals surface area (Å²) in [7, 11) is 0. The predicted molar refractivity (Wildman–Crippen MR) is 135 cm³/mol. The van der Waals surface area contributed by atoms with Gasteiger partial charge in [0.25, 0.3) is 0 Å². The first kappa shape index (κ1) is 23.9. The van der Waals surface area contributed by atoms with E-state index in [0.717, 1.165) is 28.7 Å². The molecule has 0 saturated heterocycles. The molecule has 0 spiro atoms. The van der Waals surface area contributed by atoms with Crippen LogP contribution in [0.4, 0.5) is 4.79 Å². The van der Waals surface area contributed by atoms with Crippen LogP contribution in [0.2, 0.25) is 0 Å². The molecule has 0 radical (unpaired) electrons. The van der Waals surface area contributed by atoms with E-state index in [-0.39, 0.29) is 17.9 Å². The summed E-state index contributed by atoms with van der Waals surface area (Å²) in [6.07, 6.45) is 2.89. The van der Waals surface area contributed by atoms with Crippen molar-refractivity contribution in [3.8, 4) is 22.6 Å². The third kappa shape index (κ3) is 5.37. The van der Waals surface area contributed by atoms with Gasteiger partial charge in [-0.05, 0) is 51.3 Å². The molecule has 1 aromatic heterocycles. The number of aromatic amines is 1. The van der Waals surface area contributed by atoms with Crippen LogP contribution in [0.1, 0.15) is 50.9 Å². The second kappa shape index (κ2) is 10.3. The topological polar surface area (TPSA) is 111 Å². The molecule has 4 N–H and O–H groups in total. The molecule has 2 aromatic carbocycles. The molecule has 1 heterocycles. The van der Waals surface area contributed by atoms with Crippen molar-refractivity contribution in [2.24, 2.45) is 10.7 Å². The van der Waals surface area contributed by atoms with E-state index in [1.54, 1.807) is 0 Å². The highest BCUT2D eigenvalue weighted by molar-refractivity contribution is 6.08. The SMILES string of the molecule is CCC(C)N=Cc1ccc(-c2nc(-c3ccccc3)[nH]c2C(=N)N(C(N)=O)C(C)C)cc1C. The zero-order valence-electron chi connectivity index (χ0n) is 19.9. The second-order valence-corrected chi connectivity index (χ2v) is 8.43. The number of nitrogens with zero attached hydrogens (tertiary/aromatic N) is 3. The van der Waals surface area contributed by atoms with E-state index in [1.807, 2.05) is 75.5 Å². The molecule has 3 aromatic rings. The molecule has 0 saturated carbocycles. The number of carbonyl (C=O) groups excluding carboxylic acids is 1. The number of amidine groups is 1. The number of nitrogens with two attached hydrogens (primary N) is 1. The summed E-state index contributed by atoms with van der Waals surface area (Å²) in [6.45, 7) is 9.88. The minimum Gasteiger partial charge on any atom is -0.351 e. The Morgan fingerprint density at radius 2 is 1.88 bits per heavy atom. The maximum Gasteiger partial charge on any atom is 0.320 e. The number of hydrogen-bond donors (Lipinski definition) is 3. The number of aryl methyl sites for hydroxylation is 1. The molecule has 2 amide bonds. The van der Waals surface area contributed by atoms with E-state index in [0.29, 0.717) is 17.2 Å². The number of urea groups is 1. The highest BCUT2D eigenvalue weighted by Crippen LogP contribution is 2.29. The summed E-state index contributed by atoms with van der Waals surface area (Å²) in [5.41, 5.74) is 10.5. The summed E-state index contributed by atoms with van der Waals surface area (Å²) in [6, 6.07) is 15.0. The maximum atomic E-state index is 12.1. The van der Waals surface area contributed by atoms with Gasteiger partial charge in [-0.25, -0.2) is 9.78 Å². The van der Waals surface area contributed by atoms with Crippen LogP contribution >= 0.6 is 0 Å². The standard InChI is InChI=1S/C26H32N6O/c1-6-18(5)29-15-21-13-12-20(14-17(21)4)22-23(24(27)32(16(2)3)26(28)33)31-25(30-22)19-10-8-7-9-11-19/h7-16,18,27H,6H2,1-5H3,(H2,28,33)(H,30,31). The van der Waals surface area contributed by atoms with Crippen LogP contribution in [0.15, 0.2) is 53.5 Å². The van der Waals surface area contributed by atoms with E-state index in [9.17, 15) is 4.79 Å². The Bertz CT molecular complexity index is 1160. The first-order chi connectivity index (χ1) is 15.7. The van der Waals surface area contributed by atoms with Gasteiger partial charge in [0, 0.05) is 29.4 Å². The van der Waals surface area contributed by atoms with Gasteiger partial charge in [-0.1, -0.05) is 49.4 Å². The smallest absolute Gasteiger partial charge is 0.320 e. The Hall–Kier alpha value is -3.74. The van der Waals surface area contributed by atoms with Crippen LogP contribution < -0.4 is 5.73 Å². The lowest BCUT2D eigenvalue weighted by Gasteiger charge is -2.24. The number of aliphatic imine (C=N–C) groups is 1. The van der Waals surface area contributed by atoms with E-state index in [4.69, 9.17) is 16.1 Å². The van der Waals surface area contributed by atoms with Gasteiger partial charge in [0.1, 0.15) is 17.2 Å². The number of benzene rings is 2. The fourth-order valence-electron chi connectivity index (χ4n) is 3.51. The zero-order chi connectivity index (χ0) is 24.1. The average molecular weight is 445 g/mol. The van der Waals surface area contributed by atoms with Crippen LogP contribution in [-0.2, 0) is 0 Å². The Morgan fingerprint density at radius 3 is 2.45 bits per heavy atom. The molecule has 3 rings (SSSR count). The van der Waals surface area contributed by atoms with Crippen molar-refractivity contribution in [3.05, 3.63) is 65.4 Å². The van der Waals surface area contributed by atoms with Gasteiger partial charge in [0.05, 0.1) is 0 Å². The molecule has 0 fully saturated rings. The Balaban J connectivity index is 2.11. The zero-order valence-corrected chi connectivity index (χ0v) is 19.9. The summed E-state index contributed by atoms with van der Waals surface area (Å²) in [5.74, 6) is 0.612. The normalized spacial score (nSPS) is 12.3. The first-order valence-electron chi connectivity index (χ1n) is 11.2. The number of nitrogens with one attached hydrogen (secondary N) is 2. The number of rotatable bonds is 7. The monoisotopic (exact) mass is 444 g/mol. The maximum absolute atomic E-state index is 12.1. The number of aromatic nitrogens is 2. The molecule has 33 heavy (non-hydrogen) atoms. The van der Waals surface area contributed by atoms with Crippen LogP contribution in [-0.4, -0.2) is 45.0 Å². The van der Waals surface area contributed by atoms with Crippen molar-refractivity contribution in [2.45, 2.75) is 53.1 Å². The van der Waals surface area contributed by atoms with Gasteiger partial charge in [-0.3, -0.25) is 15.3 Å². The van der Waals surface area contributed by atoms with E-state index in [2.05, 4.69) is 23.8 Å². The third-order valence-electron chi connectivity index (χ3n) is 5.58. The fourth-order valence-corrected chi connectivity index (χ4v) is 3.51. The highest BCUT2D eigenvalue weighted by Gasteiger charge is 2.26. The van der Waals surface area contributed by atoms with Crippen LogP contribution in [0, 0.1) is 12.3 Å². The van der Waals surface area contributed by atoms with Gasteiger partial charge < -0.3 is 10.7 Å². The Kier molecular flexibility index (Phi) is 7.43. The highest BCUT2D eigenvalue weighted by atomic mass is 16.2. The quantitative estimate of drug-likeness (QED) is 0.335. The summed E-state index contributed by atoms with van der Waals surface area (Å²) in [4.78, 5) is 26.0. The van der Waals surface area contributed by atoms with Crippen molar-refractivity contribution in [1.82, 2.24) is 14.9 Å². The Labute approximate surface area is 195 Å². The van der Waals surface area contributed by atoms with Gasteiger partial charge in [-0.2, -0.15) is 0 Å². The number of carbonyl (C=O) groups is 1. The van der Waals surface area contributed by atoms with Gasteiger partial charge in [0.2, 0.25) is 0 Å². The molecule has 172 valence electrons. The molecule has 1 atom stereocenters. The minimum atomic E-state index is -0.676. The van der Waals surface area contributed by atoms with E-state index >= 15 is 0 Å². The van der Waals surface area contributed by atoms with E-state index in [1.165, 1.54) is 4.90 Å². The molecule has 0 aliphatic carbocycles. The summed E-state index contributed by atoms with van der Waals surface area (Å²) in [5, 5.41) is 8.78. The van der Waals surface area contributed by atoms with Gasteiger partial charge in [0.15, 0.2) is 5.84 Å². The number of primary amides is 1. The first-order valence-corrected chi connectivity index (χ1v) is 11.2.